The van der Waals surface area contributed by atoms with Gasteiger partial charge in [-0.05, 0) is 43.2 Å². The molecule has 0 unspecified atom stereocenters. The third kappa shape index (κ3) is 4.30. The topological polar surface area (TPSA) is 68.6 Å². The maximum Gasteiger partial charge on any atom is 0.274 e. The molecule has 1 aliphatic rings. The lowest BCUT2D eigenvalue weighted by Crippen LogP contribution is -2.26. The number of aromatic amines is 1. The van der Waals surface area contributed by atoms with Gasteiger partial charge in [-0.15, -0.1) is 0 Å². The van der Waals surface area contributed by atoms with Crippen molar-refractivity contribution < 1.29 is 9.47 Å². The van der Waals surface area contributed by atoms with Crippen LogP contribution in [0.3, 0.4) is 0 Å². The normalized spacial score (nSPS) is 15.5. The maximum atomic E-state index is 12.6. The van der Waals surface area contributed by atoms with Crippen LogP contribution in [-0.4, -0.2) is 33.6 Å². The molecule has 0 aliphatic carbocycles. The van der Waals surface area contributed by atoms with Crippen molar-refractivity contribution in [1.29, 1.82) is 0 Å². The second-order valence-corrected chi connectivity index (χ2v) is 8.87. The average Bonchev–Trinajstić information content (AvgIpc) is 3.41. The molecule has 3 heterocycles. The number of nitrogens with one attached hydrogen (secondary N) is 1. The zero-order chi connectivity index (χ0) is 21.3. The molecule has 158 valence electrons. The summed E-state index contributed by atoms with van der Waals surface area (Å²) in [5.74, 6) is -0.585. The van der Waals surface area contributed by atoms with Crippen LogP contribution in [0.4, 0.5) is 0 Å². The molecule has 0 spiro atoms. The minimum Gasteiger partial charge on any atom is -0.348 e. The van der Waals surface area contributed by atoms with Crippen molar-refractivity contribution in [1.82, 2.24) is 14.6 Å². The first kappa shape index (κ1) is 20.1. The summed E-state index contributed by atoms with van der Waals surface area (Å²) in [6.45, 7) is 3.16. The van der Waals surface area contributed by atoms with Gasteiger partial charge in [-0.2, -0.15) is 9.61 Å². The fourth-order valence-corrected chi connectivity index (χ4v) is 4.61. The van der Waals surface area contributed by atoms with E-state index in [0.717, 1.165) is 21.7 Å². The van der Waals surface area contributed by atoms with Crippen molar-refractivity contribution in [3.63, 3.8) is 0 Å². The van der Waals surface area contributed by atoms with Crippen LogP contribution in [0.2, 0.25) is 0 Å². The molecule has 4 aromatic rings. The number of H-pyrrole nitrogens is 1. The van der Waals surface area contributed by atoms with Crippen molar-refractivity contribution in [2.45, 2.75) is 35.3 Å². The Kier molecular flexibility index (Phi) is 5.40. The van der Waals surface area contributed by atoms with E-state index < -0.39 is 5.79 Å². The highest BCUT2D eigenvalue weighted by atomic mass is 32.2. The molecule has 31 heavy (non-hydrogen) atoms. The second-order valence-electron chi connectivity index (χ2n) is 7.72. The Balaban J connectivity index is 1.40. The lowest BCUT2D eigenvalue weighted by molar-refractivity contribution is -0.146. The average molecular weight is 434 g/mol. The minimum absolute atomic E-state index is 0.148. The third-order valence-corrected chi connectivity index (χ3v) is 6.46. The molecule has 2 aromatic heterocycles. The number of hydrogen-bond acceptors (Lipinski definition) is 5. The van der Waals surface area contributed by atoms with Crippen molar-refractivity contribution in [3.8, 4) is 11.1 Å². The van der Waals surface area contributed by atoms with Crippen LogP contribution in [-0.2, 0) is 15.9 Å². The highest BCUT2D eigenvalue weighted by molar-refractivity contribution is 7.99. The van der Waals surface area contributed by atoms with Gasteiger partial charge in [0.15, 0.2) is 5.79 Å². The number of benzene rings is 2. The molecule has 5 rings (SSSR count). The molecule has 6 nitrogen and oxygen atoms in total. The first-order valence-electron chi connectivity index (χ1n) is 10.3. The van der Waals surface area contributed by atoms with Gasteiger partial charge in [-0.3, -0.25) is 4.79 Å². The second kappa shape index (κ2) is 8.34. The van der Waals surface area contributed by atoms with E-state index in [1.807, 2.05) is 25.1 Å². The standard InChI is InChI=1S/C24H23N3O3S/c1-24(29-13-14-30-24)12-11-18-15-22(28)27-23(26-18)21(16-25-27)17-7-9-20(10-8-17)31-19-5-3-2-4-6-19/h2-10,15-16,26H,11-14H2,1H3. The quantitative estimate of drug-likeness (QED) is 0.484. The van der Waals surface area contributed by atoms with Gasteiger partial charge in [0.05, 0.1) is 19.4 Å². The Morgan fingerprint density at radius 3 is 2.52 bits per heavy atom. The van der Waals surface area contributed by atoms with Gasteiger partial charge >= 0.3 is 0 Å². The van der Waals surface area contributed by atoms with Crippen LogP contribution in [0.1, 0.15) is 19.0 Å². The summed E-state index contributed by atoms with van der Waals surface area (Å²) in [4.78, 5) is 18.3. The van der Waals surface area contributed by atoms with Crippen LogP contribution >= 0.6 is 11.8 Å². The van der Waals surface area contributed by atoms with E-state index in [0.29, 0.717) is 31.7 Å². The summed E-state index contributed by atoms with van der Waals surface area (Å²) < 4.78 is 12.8. The number of rotatable bonds is 6. The summed E-state index contributed by atoms with van der Waals surface area (Å²) >= 11 is 1.72. The molecule has 2 aromatic carbocycles. The Bertz CT molecular complexity index is 1240. The number of fused-ring (bicyclic) bond motifs is 1. The zero-order valence-corrected chi connectivity index (χ0v) is 18.0. The van der Waals surface area contributed by atoms with E-state index in [2.05, 4.69) is 46.5 Å². The summed E-state index contributed by atoms with van der Waals surface area (Å²) in [7, 11) is 0. The highest BCUT2D eigenvalue weighted by Gasteiger charge is 2.30. The van der Waals surface area contributed by atoms with E-state index in [1.54, 1.807) is 24.0 Å². The van der Waals surface area contributed by atoms with Crippen molar-refractivity contribution in [3.05, 3.63) is 82.9 Å². The smallest absolute Gasteiger partial charge is 0.274 e. The van der Waals surface area contributed by atoms with Gasteiger partial charge < -0.3 is 14.5 Å². The number of nitrogens with zero attached hydrogens (tertiary/aromatic N) is 2. The third-order valence-electron chi connectivity index (χ3n) is 5.45. The number of aryl methyl sites for hydroxylation is 1. The first-order valence-corrected chi connectivity index (χ1v) is 11.1. The summed E-state index contributed by atoms with van der Waals surface area (Å²) in [6, 6.07) is 20.2. The molecule has 0 saturated carbocycles. The molecule has 1 N–H and O–H groups in total. The molecular weight excluding hydrogens is 410 g/mol. The van der Waals surface area contributed by atoms with Crippen LogP contribution in [0, 0.1) is 0 Å². The van der Waals surface area contributed by atoms with Crippen LogP contribution in [0.5, 0.6) is 0 Å². The van der Waals surface area contributed by atoms with Crippen LogP contribution in [0.15, 0.2) is 81.4 Å². The number of ether oxygens (including phenoxy) is 2. The molecule has 0 amide bonds. The van der Waals surface area contributed by atoms with E-state index in [1.165, 1.54) is 9.41 Å². The summed E-state index contributed by atoms with van der Waals surface area (Å²) in [5.41, 5.74) is 3.30. The molecular formula is C24H23N3O3S. The monoisotopic (exact) mass is 433 g/mol. The van der Waals surface area contributed by atoms with Crippen LogP contribution in [0.25, 0.3) is 16.8 Å². The van der Waals surface area contributed by atoms with Crippen molar-refractivity contribution in [2.75, 3.05) is 13.2 Å². The maximum absolute atomic E-state index is 12.6. The Hall–Kier alpha value is -2.87. The van der Waals surface area contributed by atoms with Crippen molar-refractivity contribution >= 4 is 17.4 Å². The Morgan fingerprint density at radius 2 is 1.77 bits per heavy atom. The van der Waals surface area contributed by atoms with Gasteiger partial charge in [0.1, 0.15) is 5.65 Å². The number of hydrogen-bond donors (Lipinski definition) is 1. The highest BCUT2D eigenvalue weighted by Crippen LogP contribution is 2.30. The molecule has 7 heteroatoms. The molecule has 1 saturated heterocycles. The summed E-state index contributed by atoms with van der Waals surface area (Å²) in [6.07, 6.45) is 3.06. The van der Waals surface area contributed by atoms with Gasteiger partial charge in [-0.1, -0.05) is 42.1 Å². The van der Waals surface area contributed by atoms with E-state index in [4.69, 9.17) is 9.47 Å². The fourth-order valence-electron chi connectivity index (χ4n) is 3.77. The minimum atomic E-state index is -0.585. The van der Waals surface area contributed by atoms with E-state index >= 15 is 0 Å². The fraction of sp³-hybridized carbons (Fsp3) is 0.250. The Morgan fingerprint density at radius 1 is 1.06 bits per heavy atom. The molecule has 1 fully saturated rings. The molecule has 0 atom stereocenters. The van der Waals surface area contributed by atoms with Crippen molar-refractivity contribution in [2.24, 2.45) is 0 Å². The van der Waals surface area contributed by atoms with Gasteiger partial charge in [0.2, 0.25) is 0 Å². The number of aromatic nitrogens is 3. The van der Waals surface area contributed by atoms with E-state index in [-0.39, 0.29) is 5.56 Å². The molecule has 0 radical (unpaired) electrons. The lowest BCUT2D eigenvalue weighted by atomic mass is 10.1. The summed E-state index contributed by atoms with van der Waals surface area (Å²) in [5, 5.41) is 4.30. The van der Waals surface area contributed by atoms with Gasteiger partial charge in [-0.25, -0.2) is 0 Å². The van der Waals surface area contributed by atoms with Gasteiger partial charge in [0.25, 0.3) is 5.56 Å². The molecule has 1 aliphatic heterocycles. The SMILES string of the molecule is CC1(CCc2cc(=O)n3ncc(-c4ccc(Sc5ccccc5)cc4)c3[nH]2)OCCO1. The largest absolute Gasteiger partial charge is 0.348 e. The predicted molar refractivity (Wildman–Crippen MR) is 120 cm³/mol. The lowest BCUT2D eigenvalue weighted by Gasteiger charge is -2.21. The van der Waals surface area contributed by atoms with E-state index in [9.17, 15) is 4.79 Å². The first-order chi connectivity index (χ1) is 15.1. The van der Waals surface area contributed by atoms with Crippen LogP contribution < -0.4 is 5.56 Å². The van der Waals surface area contributed by atoms with Gasteiger partial charge in [0, 0.05) is 33.5 Å². The predicted octanol–water partition coefficient (Wildman–Crippen LogP) is 4.54. The molecule has 0 bridgehead atoms. The zero-order valence-electron chi connectivity index (χ0n) is 17.2. The Labute approximate surface area is 184 Å².